The predicted molar refractivity (Wildman–Crippen MR) is 45.4 cm³/mol. The van der Waals surface area contributed by atoms with E-state index < -0.39 is 40.4 Å². The van der Waals surface area contributed by atoms with Gasteiger partial charge in [0.1, 0.15) is 5.69 Å². The van der Waals surface area contributed by atoms with E-state index >= 15 is 0 Å². The van der Waals surface area contributed by atoms with Gasteiger partial charge in [0, 0.05) is 0 Å². The van der Waals surface area contributed by atoms with E-state index in [2.05, 4.69) is 4.74 Å². The SMILES string of the molecule is O=c1cc([N+](=O)[O-])c(OC(F)(F)F)c(C(F)F)[nH]1. The van der Waals surface area contributed by atoms with E-state index in [1.54, 1.807) is 0 Å². The Bertz CT molecular complexity index is 524. The van der Waals surface area contributed by atoms with E-state index in [0.29, 0.717) is 0 Å². The van der Waals surface area contributed by atoms with Crippen molar-refractivity contribution in [1.82, 2.24) is 4.98 Å². The Morgan fingerprint density at radius 1 is 1.39 bits per heavy atom. The van der Waals surface area contributed by atoms with Crippen molar-refractivity contribution < 1.29 is 31.6 Å². The van der Waals surface area contributed by atoms with Gasteiger partial charge in [0.15, 0.2) is 0 Å². The lowest BCUT2D eigenvalue weighted by atomic mass is 10.3. The highest BCUT2D eigenvalue weighted by Gasteiger charge is 2.38. The highest BCUT2D eigenvalue weighted by atomic mass is 19.4. The van der Waals surface area contributed by atoms with Crippen LogP contribution < -0.4 is 10.3 Å². The molecular weight excluding hydrogens is 271 g/mol. The monoisotopic (exact) mass is 274 g/mol. The number of hydrogen-bond acceptors (Lipinski definition) is 4. The molecule has 1 aromatic rings. The van der Waals surface area contributed by atoms with Crippen LogP contribution in [0.1, 0.15) is 12.1 Å². The van der Waals surface area contributed by atoms with Crippen LogP contribution in [0.5, 0.6) is 5.75 Å². The van der Waals surface area contributed by atoms with Crippen LogP contribution in [0.15, 0.2) is 10.9 Å². The van der Waals surface area contributed by atoms with Gasteiger partial charge in [0.05, 0.1) is 11.0 Å². The van der Waals surface area contributed by atoms with Gasteiger partial charge in [-0.3, -0.25) is 14.9 Å². The number of rotatable bonds is 3. The molecule has 0 saturated carbocycles. The molecule has 0 radical (unpaired) electrons. The fraction of sp³-hybridized carbons (Fsp3) is 0.286. The number of hydrogen-bond donors (Lipinski definition) is 1. The second-order valence-electron chi connectivity index (χ2n) is 2.87. The van der Waals surface area contributed by atoms with E-state index in [1.807, 2.05) is 0 Å². The third-order valence-electron chi connectivity index (χ3n) is 1.64. The van der Waals surface area contributed by atoms with E-state index in [1.165, 1.54) is 4.98 Å². The molecule has 6 nitrogen and oxygen atoms in total. The van der Waals surface area contributed by atoms with Crippen LogP contribution in [0.4, 0.5) is 27.6 Å². The molecule has 0 aliphatic rings. The molecule has 0 atom stereocenters. The fourth-order valence-electron chi connectivity index (χ4n) is 1.07. The number of nitrogens with zero attached hydrogens (tertiary/aromatic N) is 1. The maximum atomic E-state index is 12.4. The van der Waals surface area contributed by atoms with Crippen molar-refractivity contribution >= 4 is 5.69 Å². The number of alkyl halides is 5. The van der Waals surface area contributed by atoms with E-state index in [4.69, 9.17) is 0 Å². The summed E-state index contributed by atoms with van der Waals surface area (Å²) in [4.78, 5) is 21.1. The van der Waals surface area contributed by atoms with Gasteiger partial charge in [-0.2, -0.15) is 0 Å². The minimum Gasteiger partial charge on any atom is -0.396 e. The summed E-state index contributed by atoms with van der Waals surface area (Å²) in [6.07, 6.45) is -8.98. The predicted octanol–water partition coefficient (Wildman–Crippen LogP) is 2.12. The number of nitro groups is 1. The zero-order valence-corrected chi connectivity index (χ0v) is 8.12. The summed E-state index contributed by atoms with van der Waals surface area (Å²) >= 11 is 0. The Kier molecular flexibility index (Phi) is 3.53. The molecule has 100 valence electrons. The standard InChI is InChI=1S/C7H3F5N2O4/c8-6(9)4-5(18-7(10,11)12)2(14(16)17)1-3(15)13-4/h1,6H,(H,13,15). The van der Waals surface area contributed by atoms with Gasteiger partial charge in [-0.15, -0.1) is 13.2 Å². The Labute approximate surface area is 94.1 Å². The van der Waals surface area contributed by atoms with Crippen LogP contribution in [0.25, 0.3) is 0 Å². The first-order chi connectivity index (χ1) is 8.11. The quantitative estimate of drug-likeness (QED) is 0.519. The number of ether oxygens (including phenoxy) is 1. The normalized spacial score (nSPS) is 11.7. The van der Waals surface area contributed by atoms with Crippen LogP contribution in [0.2, 0.25) is 0 Å². The van der Waals surface area contributed by atoms with Crippen molar-refractivity contribution in [2.75, 3.05) is 0 Å². The lowest BCUT2D eigenvalue weighted by molar-refractivity contribution is -0.389. The zero-order chi connectivity index (χ0) is 14.1. The minimum absolute atomic E-state index is 0.118. The first-order valence-corrected chi connectivity index (χ1v) is 4.07. The van der Waals surface area contributed by atoms with Gasteiger partial charge < -0.3 is 9.72 Å². The van der Waals surface area contributed by atoms with Crippen LogP contribution in [0.3, 0.4) is 0 Å². The average Bonchev–Trinajstić information content (AvgIpc) is 2.17. The molecule has 1 aromatic heterocycles. The second-order valence-corrected chi connectivity index (χ2v) is 2.87. The second kappa shape index (κ2) is 4.58. The van der Waals surface area contributed by atoms with Crippen molar-refractivity contribution in [1.29, 1.82) is 0 Å². The number of H-pyrrole nitrogens is 1. The van der Waals surface area contributed by atoms with Gasteiger partial charge in [-0.1, -0.05) is 0 Å². The Hall–Kier alpha value is -2.20. The molecule has 0 unspecified atom stereocenters. The molecule has 1 N–H and O–H groups in total. The third-order valence-corrected chi connectivity index (χ3v) is 1.64. The van der Waals surface area contributed by atoms with Gasteiger partial charge in [0.2, 0.25) is 5.75 Å². The molecule has 0 saturated heterocycles. The summed E-state index contributed by atoms with van der Waals surface area (Å²) in [7, 11) is 0. The molecule has 0 fully saturated rings. The Balaban J connectivity index is 3.51. The molecule has 11 heteroatoms. The molecule has 1 heterocycles. The highest BCUT2D eigenvalue weighted by Crippen LogP contribution is 2.37. The molecular formula is C7H3F5N2O4. The highest BCUT2D eigenvalue weighted by molar-refractivity contribution is 5.49. The third kappa shape index (κ3) is 3.15. The molecule has 0 aliphatic carbocycles. The van der Waals surface area contributed by atoms with Crippen LogP contribution in [0, 0.1) is 10.1 Å². The summed E-state index contributed by atoms with van der Waals surface area (Å²) < 4.78 is 63.8. The lowest BCUT2D eigenvalue weighted by Gasteiger charge is -2.12. The molecule has 0 aromatic carbocycles. The summed E-state index contributed by atoms with van der Waals surface area (Å²) in [6, 6.07) is 0.118. The molecule has 0 amide bonds. The van der Waals surface area contributed by atoms with Crippen molar-refractivity contribution in [3.8, 4) is 5.75 Å². The Morgan fingerprint density at radius 3 is 2.33 bits per heavy atom. The molecule has 1 rings (SSSR count). The van der Waals surface area contributed by atoms with Crippen molar-refractivity contribution in [3.63, 3.8) is 0 Å². The smallest absolute Gasteiger partial charge is 0.396 e. The molecule has 0 aliphatic heterocycles. The zero-order valence-electron chi connectivity index (χ0n) is 8.12. The summed E-state index contributed by atoms with van der Waals surface area (Å²) in [5.74, 6) is -1.73. The molecule has 0 bridgehead atoms. The largest absolute Gasteiger partial charge is 0.573 e. The van der Waals surface area contributed by atoms with E-state index in [-0.39, 0.29) is 6.07 Å². The van der Waals surface area contributed by atoms with E-state index in [0.717, 1.165) is 0 Å². The average molecular weight is 274 g/mol. The Morgan fingerprint density at radius 2 is 1.94 bits per heavy atom. The van der Waals surface area contributed by atoms with Crippen LogP contribution >= 0.6 is 0 Å². The van der Waals surface area contributed by atoms with Gasteiger partial charge in [-0.25, -0.2) is 8.78 Å². The molecule has 18 heavy (non-hydrogen) atoms. The number of nitrogens with one attached hydrogen (secondary N) is 1. The first kappa shape index (κ1) is 13.9. The van der Waals surface area contributed by atoms with Crippen LogP contribution in [-0.4, -0.2) is 16.3 Å². The van der Waals surface area contributed by atoms with Gasteiger partial charge in [0.25, 0.3) is 12.0 Å². The maximum Gasteiger partial charge on any atom is 0.573 e. The number of pyridine rings is 1. The van der Waals surface area contributed by atoms with Crippen molar-refractivity contribution in [2.24, 2.45) is 0 Å². The van der Waals surface area contributed by atoms with Crippen molar-refractivity contribution in [3.05, 3.63) is 32.2 Å². The topological polar surface area (TPSA) is 85.2 Å². The first-order valence-electron chi connectivity index (χ1n) is 4.07. The fourth-order valence-corrected chi connectivity index (χ4v) is 1.07. The van der Waals surface area contributed by atoms with E-state index in [9.17, 15) is 36.9 Å². The summed E-state index contributed by atoms with van der Waals surface area (Å²) in [5, 5.41) is 10.4. The van der Waals surface area contributed by atoms with Gasteiger partial charge >= 0.3 is 12.0 Å². The minimum atomic E-state index is -5.41. The number of aromatic amines is 1. The maximum absolute atomic E-state index is 12.4. The van der Waals surface area contributed by atoms with Gasteiger partial charge in [-0.05, 0) is 0 Å². The number of aromatic nitrogens is 1. The van der Waals surface area contributed by atoms with Crippen LogP contribution in [-0.2, 0) is 0 Å². The molecule has 0 spiro atoms. The number of halogens is 5. The van der Waals surface area contributed by atoms with Crippen molar-refractivity contribution in [2.45, 2.75) is 12.8 Å². The summed E-state index contributed by atoms with van der Waals surface area (Å²) in [5.41, 5.74) is -4.44. The lowest BCUT2D eigenvalue weighted by Crippen LogP contribution is -2.21. The summed E-state index contributed by atoms with van der Waals surface area (Å²) in [6.45, 7) is 0.